The number of imide groups is 1. The van der Waals surface area contributed by atoms with E-state index in [2.05, 4.69) is 31.9 Å². The number of ether oxygens (including phenoxy) is 1. The zero-order valence-electron chi connectivity index (χ0n) is 21.3. The van der Waals surface area contributed by atoms with Gasteiger partial charge in [0.15, 0.2) is 23.1 Å². The molecule has 202 valence electrons. The van der Waals surface area contributed by atoms with Crippen LogP contribution in [0.3, 0.4) is 0 Å². The molecule has 4 atom stereocenters. The number of phenols is 1. The summed E-state index contributed by atoms with van der Waals surface area (Å²) in [5, 5.41) is 9.98. The number of halogens is 2. The number of methoxy groups -OCH3 is 1. The minimum atomic E-state index is -0.637. The number of allylic oxidation sites excluding steroid dienone is 7. The number of carbonyl (C=O) groups is 4. The highest BCUT2D eigenvalue weighted by Crippen LogP contribution is 2.53. The summed E-state index contributed by atoms with van der Waals surface area (Å²) in [4.78, 5) is 55.2. The van der Waals surface area contributed by atoms with Gasteiger partial charge in [0.1, 0.15) is 0 Å². The molecule has 3 aliphatic carbocycles. The number of rotatable bonds is 4. The molecule has 9 heteroatoms. The Morgan fingerprint density at radius 1 is 1.00 bits per heavy atom. The van der Waals surface area contributed by atoms with Gasteiger partial charge in [-0.15, -0.1) is 0 Å². The fourth-order valence-electron chi connectivity index (χ4n) is 6.33. The van der Waals surface area contributed by atoms with Crippen molar-refractivity contribution in [2.24, 2.45) is 23.7 Å². The van der Waals surface area contributed by atoms with Crippen molar-refractivity contribution in [3.8, 4) is 11.5 Å². The highest BCUT2D eigenvalue weighted by molar-refractivity contribution is 9.12. The molecule has 2 aromatic carbocycles. The molecular formula is C31H23Br2NO6. The quantitative estimate of drug-likeness (QED) is 0.257. The van der Waals surface area contributed by atoms with Gasteiger partial charge in [-0.1, -0.05) is 45.8 Å². The third-order valence-electron chi connectivity index (χ3n) is 8.15. The van der Waals surface area contributed by atoms with Crippen LogP contribution >= 0.6 is 31.9 Å². The van der Waals surface area contributed by atoms with Gasteiger partial charge in [0.2, 0.25) is 11.8 Å². The maximum absolute atomic E-state index is 13.9. The number of Topliss-reactive ketones (excluding diaryl/α,β-unsaturated/α-hetero) is 1. The van der Waals surface area contributed by atoms with Crippen molar-refractivity contribution in [1.82, 2.24) is 0 Å². The van der Waals surface area contributed by atoms with Gasteiger partial charge in [-0.2, -0.15) is 0 Å². The summed E-state index contributed by atoms with van der Waals surface area (Å²) in [5.74, 6) is -2.88. The normalized spacial score (nSPS) is 26.0. The molecule has 1 saturated heterocycles. The van der Waals surface area contributed by atoms with Crippen molar-refractivity contribution >= 4 is 67.0 Å². The average molecular weight is 665 g/mol. The lowest BCUT2D eigenvalue weighted by Gasteiger charge is -2.41. The topological polar surface area (TPSA) is 101 Å². The number of amides is 2. The standard InChI is InChI=1S/C31H23Br2NO6/c1-40-26-12-15(3-11-24(26)35)2-8-19-18-9-10-20-28(21(18)13-22-27(19)25(36)14-23(33)29(22)37)31(39)34(30(20)38)17-6-4-16(32)5-7-17/h2-9,11-12,14,19-21,28,35H,10,13H2,1H3/t19-,20-,21+,28-/m0/s1. The number of ketones is 2. The van der Waals surface area contributed by atoms with Crippen molar-refractivity contribution in [3.05, 3.63) is 91.9 Å². The molecule has 1 aliphatic heterocycles. The number of nitrogens with zero attached hydrogens (tertiary/aromatic N) is 1. The molecule has 0 saturated carbocycles. The van der Waals surface area contributed by atoms with Gasteiger partial charge in [0, 0.05) is 27.6 Å². The van der Waals surface area contributed by atoms with Crippen molar-refractivity contribution in [2.45, 2.75) is 12.8 Å². The zero-order chi connectivity index (χ0) is 28.3. The number of hydrogen-bond donors (Lipinski definition) is 1. The molecular weight excluding hydrogens is 642 g/mol. The first-order valence-electron chi connectivity index (χ1n) is 12.8. The summed E-state index contributed by atoms with van der Waals surface area (Å²) in [7, 11) is 1.46. The SMILES string of the molecule is COc1cc(C=C[C@H]2C3=CC[C@@H]4C(=O)N(c5ccc(Br)cc5)C(=O)[C@@H]4[C@@H]3CC3=C2C(=O)C=C(Br)C3=O)ccc1O. The Bertz CT molecular complexity index is 1620. The monoisotopic (exact) mass is 663 g/mol. The van der Waals surface area contributed by atoms with Crippen LogP contribution in [-0.4, -0.2) is 35.6 Å². The molecule has 4 aliphatic rings. The molecule has 2 amide bonds. The first-order chi connectivity index (χ1) is 19.2. The summed E-state index contributed by atoms with van der Waals surface area (Å²) < 4.78 is 6.25. The summed E-state index contributed by atoms with van der Waals surface area (Å²) >= 11 is 6.63. The number of phenolic OH excluding ortho intramolecular Hbond substituents is 1. The molecule has 6 rings (SSSR count). The van der Waals surface area contributed by atoms with Crippen molar-refractivity contribution < 1.29 is 29.0 Å². The molecule has 7 nitrogen and oxygen atoms in total. The first-order valence-corrected chi connectivity index (χ1v) is 14.4. The van der Waals surface area contributed by atoms with Crippen molar-refractivity contribution in [2.75, 3.05) is 12.0 Å². The Labute approximate surface area is 247 Å². The third kappa shape index (κ3) is 4.23. The van der Waals surface area contributed by atoms with Crippen LogP contribution < -0.4 is 9.64 Å². The molecule has 1 fully saturated rings. The van der Waals surface area contributed by atoms with E-state index in [1.165, 1.54) is 24.2 Å². The molecule has 0 aromatic heterocycles. The molecule has 0 bridgehead atoms. The number of fused-ring (bicyclic) bond motifs is 3. The second kappa shape index (κ2) is 10.1. The van der Waals surface area contributed by atoms with Gasteiger partial charge in [0.25, 0.3) is 0 Å². The number of anilines is 1. The number of hydrogen-bond acceptors (Lipinski definition) is 6. The summed E-state index contributed by atoms with van der Waals surface area (Å²) in [6.45, 7) is 0. The van der Waals surface area contributed by atoms with Crippen LogP contribution in [0.1, 0.15) is 18.4 Å². The minimum Gasteiger partial charge on any atom is -0.504 e. The first kappa shape index (κ1) is 26.7. The third-order valence-corrected chi connectivity index (χ3v) is 9.27. The van der Waals surface area contributed by atoms with Crippen LogP contribution in [-0.2, 0) is 19.2 Å². The van der Waals surface area contributed by atoms with E-state index >= 15 is 0 Å². The predicted octanol–water partition coefficient (Wildman–Crippen LogP) is 5.68. The maximum Gasteiger partial charge on any atom is 0.238 e. The van der Waals surface area contributed by atoms with Crippen LogP contribution in [0.25, 0.3) is 6.08 Å². The van der Waals surface area contributed by atoms with Crippen molar-refractivity contribution in [3.63, 3.8) is 0 Å². The van der Waals surface area contributed by atoms with Gasteiger partial charge < -0.3 is 9.84 Å². The predicted molar refractivity (Wildman–Crippen MR) is 156 cm³/mol. The van der Waals surface area contributed by atoms with Gasteiger partial charge in [-0.25, -0.2) is 0 Å². The second-order valence-electron chi connectivity index (χ2n) is 10.2. The van der Waals surface area contributed by atoms with E-state index in [-0.39, 0.29) is 40.0 Å². The van der Waals surface area contributed by atoms with Crippen molar-refractivity contribution in [1.29, 1.82) is 0 Å². The molecule has 1 heterocycles. The minimum absolute atomic E-state index is 0.00573. The van der Waals surface area contributed by atoms with Crippen LogP contribution in [0.5, 0.6) is 11.5 Å². The number of aromatic hydroxyl groups is 1. The molecule has 0 spiro atoms. The lowest BCUT2D eigenvalue weighted by Crippen LogP contribution is -2.40. The van der Waals surface area contributed by atoms with E-state index in [1.807, 2.05) is 18.2 Å². The van der Waals surface area contributed by atoms with E-state index in [0.29, 0.717) is 29.0 Å². The highest BCUT2D eigenvalue weighted by Gasteiger charge is 2.56. The maximum atomic E-state index is 13.9. The Kier molecular flexibility index (Phi) is 6.74. The van der Waals surface area contributed by atoms with E-state index in [1.54, 1.807) is 36.4 Å². The molecule has 1 N–H and O–H groups in total. The molecule has 0 radical (unpaired) electrons. The summed E-state index contributed by atoms with van der Waals surface area (Å²) in [5.41, 5.74) is 2.89. The Balaban J connectivity index is 1.42. The van der Waals surface area contributed by atoms with Gasteiger partial charge in [0.05, 0.1) is 29.1 Å². The van der Waals surface area contributed by atoms with E-state index in [0.717, 1.165) is 15.6 Å². The van der Waals surface area contributed by atoms with E-state index in [4.69, 9.17) is 4.74 Å². The van der Waals surface area contributed by atoms with Crippen LogP contribution in [0.15, 0.2) is 86.4 Å². The lowest BCUT2D eigenvalue weighted by atomic mass is 9.61. The Hall–Kier alpha value is -3.56. The fourth-order valence-corrected chi connectivity index (χ4v) is 7.05. The van der Waals surface area contributed by atoms with Gasteiger partial charge >= 0.3 is 0 Å². The van der Waals surface area contributed by atoms with E-state index in [9.17, 15) is 24.3 Å². The highest BCUT2D eigenvalue weighted by atomic mass is 79.9. The Morgan fingerprint density at radius 3 is 2.48 bits per heavy atom. The van der Waals surface area contributed by atoms with Gasteiger partial charge in [-0.05, 0) is 76.7 Å². The average Bonchev–Trinajstić information content (AvgIpc) is 3.20. The van der Waals surface area contributed by atoms with Gasteiger partial charge in [-0.3, -0.25) is 24.1 Å². The molecule has 40 heavy (non-hydrogen) atoms. The second-order valence-corrected chi connectivity index (χ2v) is 12.0. The smallest absolute Gasteiger partial charge is 0.238 e. The zero-order valence-corrected chi connectivity index (χ0v) is 24.4. The van der Waals surface area contributed by atoms with E-state index < -0.39 is 23.7 Å². The number of benzene rings is 2. The molecule has 0 unspecified atom stereocenters. The molecule has 2 aromatic rings. The summed E-state index contributed by atoms with van der Waals surface area (Å²) in [6, 6.07) is 11.9. The lowest BCUT2D eigenvalue weighted by molar-refractivity contribution is -0.123. The van der Waals surface area contributed by atoms with Crippen LogP contribution in [0.4, 0.5) is 5.69 Å². The summed E-state index contributed by atoms with van der Waals surface area (Å²) in [6.07, 6.45) is 7.52. The fraction of sp³-hybridized carbons (Fsp3) is 0.226. The largest absolute Gasteiger partial charge is 0.504 e. The Morgan fingerprint density at radius 2 is 1.75 bits per heavy atom. The van der Waals surface area contributed by atoms with Crippen LogP contribution in [0.2, 0.25) is 0 Å². The number of carbonyl (C=O) groups excluding carboxylic acids is 4. The van der Waals surface area contributed by atoms with Crippen LogP contribution in [0, 0.1) is 23.7 Å².